The lowest BCUT2D eigenvalue weighted by molar-refractivity contribution is -0.119. The molecule has 0 saturated carbocycles. The number of pyridine rings is 1. The summed E-state index contributed by atoms with van der Waals surface area (Å²) in [4.78, 5) is 18.3. The van der Waals surface area contributed by atoms with Crippen LogP contribution in [0.3, 0.4) is 0 Å². The molecule has 4 aromatic rings. The second kappa shape index (κ2) is 15.0. The number of ether oxygens (including phenoxy) is 2. The summed E-state index contributed by atoms with van der Waals surface area (Å²) in [7, 11) is 3.34. The molecule has 0 radical (unpaired) electrons. The van der Waals surface area contributed by atoms with Crippen LogP contribution >= 0.6 is 23.2 Å². The Labute approximate surface area is 284 Å². The van der Waals surface area contributed by atoms with Gasteiger partial charge in [-0.15, -0.1) is 0 Å². The Kier molecular flexibility index (Phi) is 10.6. The molecule has 2 aliphatic rings. The van der Waals surface area contributed by atoms with Gasteiger partial charge in [0.05, 0.1) is 40.8 Å². The van der Waals surface area contributed by atoms with Gasteiger partial charge in [0.1, 0.15) is 5.75 Å². The van der Waals surface area contributed by atoms with Crippen LogP contribution in [0.1, 0.15) is 24.0 Å². The molecule has 2 aliphatic heterocycles. The number of anilines is 2. The Hall–Kier alpha value is -3.73. The molecule has 0 bridgehead atoms. The van der Waals surface area contributed by atoms with Gasteiger partial charge in [-0.3, -0.25) is 14.7 Å². The van der Waals surface area contributed by atoms with E-state index in [-0.39, 0.29) is 17.8 Å². The first-order valence-electron chi connectivity index (χ1n) is 15.7. The highest BCUT2D eigenvalue weighted by atomic mass is 35.5. The monoisotopic (exact) mass is 677 g/mol. The molecule has 3 aromatic carbocycles. The molecular weight excluding hydrogens is 640 g/mol. The van der Waals surface area contributed by atoms with Crippen molar-refractivity contribution in [2.45, 2.75) is 32.0 Å². The standard InChI is InChI=1S/C36H38Cl2FN5O3/c1-46-21-22-18-44(19-22)20-25-5-3-8-30(35(25)39)43-29-7-4-6-27(33(29)37)28-13-14-41-36(34(28)38)23-9-10-24(31(15-23)47-2)16-40-17-26-11-12-32(45)42-26/h3-10,13-15,22,26,40,43H,11-12,16-21H2,1-2H3,(H,42,45)/t26-/m0/s1. The molecule has 8 nitrogen and oxygen atoms in total. The second-order valence-electron chi connectivity index (χ2n) is 12.1. The first-order chi connectivity index (χ1) is 22.8. The maximum Gasteiger partial charge on any atom is 0.220 e. The van der Waals surface area contributed by atoms with E-state index in [1.165, 1.54) is 0 Å². The molecule has 0 unspecified atom stereocenters. The third-order valence-corrected chi connectivity index (χ3v) is 9.50. The molecule has 11 heteroatoms. The number of methoxy groups -OCH3 is 2. The Morgan fingerprint density at radius 2 is 1.79 bits per heavy atom. The summed E-state index contributed by atoms with van der Waals surface area (Å²) in [5.74, 6) is 0.995. The molecular formula is C36H38Cl2FN5O3. The van der Waals surface area contributed by atoms with Gasteiger partial charge < -0.3 is 25.4 Å². The molecule has 1 atom stereocenters. The van der Waals surface area contributed by atoms with Gasteiger partial charge in [0.15, 0.2) is 5.82 Å². The number of hydrogen-bond acceptors (Lipinski definition) is 7. The Balaban J connectivity index is 1.19. The highest BCUT2D eigenvalue weighted by molar-refractivity contribution is 6.39. The summed E-state index contributed by atoms with van der Waals surface area (Å²) < 4.78 is 26.6. The summed E-state index contributed by atoms with van der Waals surface area (Å²) >= 11 is 14.0. The number of nitrogens with one attached hydrogen (secondary N) is 3. The van der Waals surface area contributed by atoms with E-state index >= 15 is 4.39 Å². The Bertz CT molecular complexity index is 1750. The Morgan fingerprint density at radius 3 is 2.55 bits per heavy atom. The normalized spacial score (nSPS) is 16.6. The van der Waals surface area contributed by atoms with Gasteiger partial charge in [0, 0.05) is 92.2 Å². The predicted molar refractivity (Wildman–Crippen MR) is 185 cm³/mol. The van der Waals surface area contributed by atoms with Gasteiger partial charge in [-0.25, -0.2) is 4.39 Å². The largest absolute Gasteiger partial charge is 0.496 e. The lowest BCUT2D eigenvalue weighted by Crippen LogP contribution is -2.47. The number of carbonyl (C=O) groups excluding carboxylic acids is 1. The van der Waals surface area contributed by atoms with Crippen LogP contribution in [-0.4, -0.2) is 62.3 Å². The molecule has 3 N–H and O–H groups in total. The molecule has 0 aliphatic carbocycles. The summed E-state index contributed by atoms with van der Waals surface area (Å²) in [6.45, 7) is 4.32. The Morgan fingerprint density at radius 1 is 1.00 bits per heavy atom. The van der Waals surface area contributed by atoms with Gasteiger partial charge in [0.2, 0.25) is 5.91 Å². The fourth-order valence-electron chi connectivity index (χ4n) is 6.27. The average molecular weight is 679 g/mol. The number of carbonyl (C=O) groups is 1. The van der Waals surface area contributed by atoms with Crippen molar-refractivity contribution in [2.75, 3.05) is 45.8 Å². The minimum Gasteiger partial charge on any atom is -0.496 e. The zero-order chi connectivity index (χ0) is 32.9. The van der Waals surface area contributed by atoms with Gasteiger partial charge in [-0.1, -0.05) is 59.6 Å². The molecule has 0 spiro atoms. The third-order valence-electron chi connectivity index (χ3n) is 8.71. The molecule has 1 amide bonds. The maximum absolute atomic E-state index is 15.6. The number of rotatable bonds is 13. The van der Waals surface area contributed by atoms with Crippen molar-refractivity contribution in [1.82, 2.24) is 20.5 Å². The van der Waals surface area contributed by atoms with E-state index in [1.54, 1.807) is 26.5 Å². The van der Waals surface area contributed by atoms with E-state index in [0.717, 1.165) is 37.2 Å². The highest BCUT2D eigenvalue weighted by Crippen LogP contribution is 2.42. The maximum atomic E-state index is 15.6. The lowest BCUT2D eigenvalue weighted by Gasteiger charge is -2.39. The summed E-state index contributed by atoms with van der Waals surface area (Å²) in [5.41, 5.74) is 5.29. The number of aromatic nitrogens is 1. The van der Waals surface area contributed by atoms with Gasteiger partial charge >= 0.3 is 0 Å². The summed E-state index contributed by atoms with van der Waals surface area (Å²) in [5, 5.41) is 10.4. The minimum absolute atomic E-state index is 0.100. The van der Waals surface area contributed by atoms with Crippen LogP contribution in [0.5, 0.6) is 5.75 Å². The predicted octanol–water partition coefficient (Wildman–Crippen LogP) is 7.06. The zero-order valence-corrected chi connectivity index (χ0v) is 27.9. The van der Waals surface area contributed by atoms with Crippen molar-refractivity contribution in [3.05, 3.63) is 93.8 Å². The van der Waals surface area contributed by atoms with Crippen LogP contribution in [0.15, 0.2) is 66.9 Å². The summed E-state index contributed by atoms with van der Waals surface area (Å²) in [6, 6.07) is 18.8. The topological polar surface area (TPSA) is 87.8 Å². The number of nitrogens with zero attached hydrogens (tertiary/aromatic N) is 2. The SMILES string of the molecule is COCC1CN(Cc2cccc(Nc3cccc(-c4ccnc(-c5ccc(CNC[C@@H]6CCC(=O)N6)c(OC)c5)c4Cl)c3Cl)c2F)C1. The molecule has 3 heterocycles. The van der Waals surface area contributed by atoms with E-state index in [9.17, 15) is 4.79 Å². The molecule has 1 aromatic heterocycles. The van der Waals surface area contributed by atoms with E-state index in [2.05, 4.69) is 25.8 Å². The van der Waals surface area contributed by atoms with Crippen LogP contribution in [0.4, 0.5) is 15.8 Å². The first-order valence-corrected chi connectivity index (χ1v) is 16.5. The summed E-state index contributed by atoms with van der Waals surface area (Å²) in [6.07, 6.45) is 3.11. The lowest BCUT2D eigenvalue weighted by atomic mass is 10.00. The van der Waals surface area contributed by atoms with Crippen LogP contribution in [-0.2, 0) is 22.6 Å². The van der Waals surface area contributed by atoms with E-state index in [0.29, 0.717) is 81.5 Å². The number of amides is 1. The number of halogens is 3. The highest BCUT2D eigenvalue weighted by Gasteiger charge is 2.27. The smallest absolute Gasteiger partial charge is 0.220 e. The van der Waals surface area contributed by atoms with E-state index < -0.39 is 0 Å². The van der Waals surface area contributed by atoms with Crippen molar-refractivity contribution in [3.63, 3.8) is 0 Å². The van der Waals surface area contributed by atoms with Gasteiger partial charge in [0.25, 0.3) is 0 Å². The minimum atomic E-state index is -0.300. The van der Waals surface area contributed by atoms with Crippen molar-refractivity contribution in [3.8, 4) is 28.1 Å². The second-order valence-corrected chi connectivity index (χ2v) is 12.8. The fourth-order valence-corrected chi connectivity index (χ4v) is 6.87. The molecule has 2 saturated heterocycles. The quantitative estimate of drug-likeness (QED) is 0.140. The zero-order valence-electron chi connectivity index (χ0n) is 26.4. The van der Waals surface area contributed by atoms with E-state index in [4.69, 9.17) is 32.7 Å². The van der Waals surface area contributed by atoms with Crippen LogP contribution in [0.25, 0.3) is 22.4 Å². The van der Waals surface area contributed by atoms with Gasteiger partial charge in [-0.05, 0) is 30.7 Å². The number of hydrogen-bond donors (Lipinski definition) is 3. The average Bonchev–Trinajstić information content (AvgIpc) is 3.47. The number of likely N-dealkylation sites (tertiary alicyclic amines) is 1. The van der Waals surface area contributed by atoms with Crippen molar-refractivity contribution in [2.24, 2.45) is 5.92 Å². The van der Waals surface area contributed by atoms with Crippen LogP contribution < -0.4 is 20.7 Å². The van der Waals surface area contributed by atoms with Gasteiger partial charge in [-0.2, -0.15) is 0 Å². The van der Waals surface area contributed by atoms with Crippen molar-refractivity contribution < 1.29 is 18.7 Å². The first kappa shape index (κ1) is 33.2. The van der Waals surface area contributed by atoms with Crippen molar-refractivity contribution >= 4 is 40.5 Å². The van der Waals surface area contributed by atoms with E-state index in [1.807, 2.05) is 54.6 Å². The molecule has 47 heavy (non-hydrogen) atoms. The third kappa shape index (κ3) is 7.55. The van der Waals surface area contributed by atoms with Crippen LogP contribution in [0, 0.1) is 11.7 Å². The molecule has 6 rings (SSSR count). The molecule has 246 valence electrons. The van der Waals surface area contributed by atoms with Crippen molar-refractivity contribution in [1.29, 1.82) is 0 Å². The molecule has 2 fully saturated rings. The number of benzene rings is 3. The van der Waals surface area contributed by atoms with Crippen LogP contribution in [0.2, 0.25) is 10.0 Å². The fraction of sp³-hybridized carbons (Fsp3) is 0.333.